The molecule has 5 nitrogen and oxygen atoms in total. The zero-order valence-electron chi connectivity index (χ0n) is 12.4. The maximum atomic E-state index is 12.2. The van der Waals surface area contributed by atoms with E-state index in [-0.39, 0.29) is 11.8 Å². The zero-order chi connectivity index (χ0) is 14.5. The number of piperidine rings is 1. The first-order chi connectivity index (χ1) is 8.94. The van der Waals surface area contributed by atoms with E-state index in [1.165, 1.54) is 6.42 Å². The molecule has 1 saturated heterocycles. The Kier molecular flexibility index (Phi) is 5.79. The fourth-order valence-electron chi connectivity index (χ4n) is 2.36. The second-order valence-electron chi connectivity index (χ2n) is 5.44. The molecule has 0 aliphatic carbocycles. The third-order valence-electron chi connectivity index (χ3n) is 4.10. The molecule has 2 amide bonds. The van der Waals surface area contributed by atoms with Gasteiger partial charge < -0.3 is 16.0 Å². The Morgan fingerprint density at radius 3 is 2.21 bits per heavy atom. The van der Waals surface area contributed by atoms with E-state index in [1.807, 2.05) is 18.7 Å². The number of amides is 2. The van der Waals surface area contributed by atoms with E-state index >= 15 is 0 Å². The smallest absolute Gasteiger partial charge is 0.244 e. The van der Waals surface area contributed by atoms with Crippen molar-refractivity contribution in [3.05, 3.63) is 0 Å². The minimum Gasteiger partial charge on any atom is -0.343 e. The van der Waals surface area contributed by atoms with Gasteiger partial charge in [0.1, 0.15) is 6.04 Å². The van der Waals surface area contributed by atoms with Crippen LogP contribution in [0.4, 0.5) is 0 Å². The molecule has 1 heterocycles. The Morgan fingerprint density at radius 2 is 1.74 bits per heavy atom. The molecule has 0 bridgehead atoms. The highest BCUT2D eigenvalue weighted by molar-refractivity contribution is 5.91. The van der Waals surface area contributed by atoms with E-state index in [9.17, 15) is 9.59 Å². The summed E-state index contributed by atoms with van der Waals surface area (Å²) in [7, 11) is 0. The maximum absolute atomic E-state index is 12.2. The Bertz CT molecular complexity index is 321. The molecule has 0 aromatic heterocycles. The van der Waals surface area contributed by atoms with Gasteiger partial charge in [0.15, 0.2) is 0 Å². The molecule has 0 aromatic rings. The molecule has 19 heavy (non-hydrogen) atoms. The fraction of sp³-hybridized carbons (Fsp3) is 0.857. The second-order valence-corrected chi connectivity index (χ2v) is 5.44. The van der Waals surface area contributed by atoms with Gasteiger partial charge in [-0.25, -0.2) is 0 Å². The van der Waals surface area contributed by atoms with Crippen LogP contribution in [0, 0.1) is 0 Å². The minimum absolute atomic E-state index is 0.00241. The molecule has 1 unspecified atom stereocenters. The summed E-state index contributed by atoms with van der Waals surface area (Å²) in [6.45, 7) is 7.11. The van der Waals surface area contributed by atoms with Crippen LogP contribution in [0.2, 0.25) is 0 Å². The Hall–Kier alpha value is -1.10. The lowest BCUT2D eigenvalue weighted by atomic mass is 9.93. The average molecular weight is 269 g/mol. The van der Waals surface area contributed by atoms with Gasteiger partial charge in [-0.1, -0.05) is 13.8 Å². The largest absolute Gasteiger partial charge is 0.343 e. The third kappa shape index (κ3) is 3.93. The van der Waals surface area contributed by atoms with Gasteiger partial charge in [0.05, 0.1) is 5.54 Å². The first-order valence-corrected chi connectivity index (χ1v) is 7.33. The van der Waals surface area contributed by atoms with Crippen molar-refractivity contribution in [3.8, 4) is 0 Å². The minimum atomic E-state index is -0.865. The molecule has 1 fully saturated rings. The zero-order valence-corrected chi connectivity index (χ0v) is 12.4. The quantitative estimate of drug-likeness (QED) is 0.782. The van der Waals surface area contributed by atoms with Crippen molar-refractivity contribution in [3.63, 3.8) is 0 Å². The van der Waals surface area contributed by atoms with E-state index < -0.39 is 11.6 Å². The molecular weight excluding hydrogens is 242 g/mol. The van der Waals surface area contributed by atoms with Crippen molar-refractivity contribution in [2.75, 3.05) is 13.1 Å². The number of rotatable bonds is 5. The Balaban J connectivity index is 2.56. The molecule has 0 saturated carbocycles. The summed E-state index contributed by atoms with van der Waals surface area (Å²) in [5.74, 6) is -0.224. The molecular formula is C14H27N3O2. The first kappa shape index (κ1) is 16.0. The number of nitrogens with one attached hydrogen (secondary N) is 1. The summed E-state index contributed by atoms with van der Waals surface area (Å²) in [5, 5.41) is 2.76. The lowest BCUT2D eigenvalue weighted by Gasteiger charge is -2.31. The summed E-state index contributed by atoms with van der Waals surface area (Å²) < 4.78 is 0. The summed E-state index contributed by atoms with van der Waals surface area (Å²) in [6, 6.07) is -0.494. The molecule has 0 spiro atoms. The summed E-state index contributed by atoms with van der Waals surface area (Å²) in [5.41, 5.74) is 5.17. The molecule has 1 aliphatic rings. The van der Waals surface area contributed by atoms with Crippen LogP contribution in [0.15, 0.2) is 0 Å². The monoisotopic (exact) mass is 269 g/mol. The van der Waals surface area contributed by atoms with Crippen LogP contribution in [0.1, 0.15) is 52.9 Å². The fourth-order valence-corrected chi connectivity index (χ4v) is 2.36. The SMILES string of the molecule is CCC(N)(CC)C(=O)NC(C)C(=O)N1CCCCC1. The van der Waals surface area contributed by atoms with Gasteiger partial charge in [0.2, 0.25) is 11.8 Å². The Labute approximate surface area is 115 Å². The molecule has 0 radical (unpaired) electrons. The molecule has 1 aliphatic heterocycles. The van der Waals surface area contributed by atoms with Crippen LogP contribution in [0.5, 0.6) is 0 Å². The van der Waals surface area contributed by atoms with Gasteiger partial charge in [-0.2, -0.15) is 0 Å². The van der Waals surface area contributed by atoms with Crippen molar-refractivity contribution in [2.24, 2.45) is 5.73 Å². The predicted octanol–water partition coefficient (Wildman–Crippen LogP) is 1.02. The van der Waals surface area contributed by atoms with E-state index in [0.29, 0.717) is 12.8 Å². The van der Waals surface area contributed by atoms with Crippen LogP contribution in [-0.4, -0.2) is 41.4 Å². The normalized spacial score (nSPS) is 18.0. The van der Waals surface area contributed by atoms with Gasteiger partial charge in [-0.15, -0.1) is 0 Å². The van der Waals surface area contributed by atoms with Gasteiger partial charge in [-0.05, 0) is 39.0 Å². The van der Waals surface area contributed by atoms with E-state index in [2.05, 4.69) is 5.32 Å². The van der Waals surface area contributed by atoms with Crippen LogP contribution < -0.4 is 11.1 Å². The van der Waals surface area contributed by atoms with E-state index in [0.717, 1.165) is 25.9 Å². The average Bonchev–Trinajstić information content (AvgIpc) is 2.46. The highest BCUT2D eigenvalue weighted by atomic mass is 16.2. The number of carbonyl (C=O) groups is 2. The summed E-state index contributed by atoms with van der Waals surface area (Å²) >= 11 is 0. The van der Waals surface area contributed by atoms with Gasteiger partial charge in [0, 0.05) is 13.1 Å². The lowest BCUT2D eigenvalue weighted by Crippen LogP contribution is -2.58. The van der Waals surface area contributed by atoms with E-state index in [4.69, 9.17) is 5.73 Å². The molecule has 1 atom stereocenters. The topological polar surface area (TPSA) is 75.4 Å². The van der Waals surface area contributed by atoms with Crippen LogP contribution >= 0.6 is 0 Å². The number of nitrogens with zero attached hydrogens (tertiary/aromatic N) is 1. The van der Waals surface area contributed by atoms with Crippen molar-refractivity contribution >= 4 is 11.8 Å². The highest BCUT2D eigenvalue weighted by Gasteiger charge is 2.32. The lowest BCUT2D eigenvalue weighted by molar-refractivity contribution is -0.138. The molecule has 5 heteroatoms. The van der Waals surface area contributed by atoms with Crippen molar-refractivity contribution in [1.29, 1.82) is 0 Å². The standard InChI is InChI=1S/C14H27N3O2/c1-4-14(15,5-2)13(19)16-11(3)12(18)17-9-7-6-8-10-17/h11H,4-10,15H2,1-3H3,(H,16,19). The van der Waals surface area contributed by atoms with Crippen molar-refractivity contribution < 1.29 is 9.59 Å². The number of carbonyl (C=O) groups excluding carboxylic acids is 2. The number of hydrogen-bond acceptors (Lipinski definition) is 3. The number of hydrogen-bond donors (Lipinski definition) is 2. The Morgan fingerprint density at radius 1 is 1.21 bits per heavy atom. The second kappa shape index (κ2) is 6.89. The van der Waals surface area contributed by atoms with E-state index in [1.54, 1.807) is 6.92 Å². The molecule has 0 aromatic carbocycles. The van der Waals surface area contributed by atoms with Crippen LogP contribution in [0.25, 0.3) is 0 Å². The predicted molar refractivity (Wildman–Crippen MR) is 75.5 cm³/mol. The number of nitrogens with two attached hydrogens (primary N) is 1. The maximum Gasteiger partial charge on any atom is 0.244 e. The van der Waals surface area contributed by atoms with Crippen LogP contribution in [-0.2, 0) is 9.59 Å². The van der Waals surface area contributed by atoms with Crippen LogP contribution in [0.3, 0.4) is 0 Å². The van der Waals surface area contributed by atoms with Gasteiger partial charge in [-0.3, -0.25) is 9.59 Å². The van der Waals surface area contributed by atoms with Crippen molar-refractivity contribution in [1.82, 2.24) is 10.2 Å². The molecule has 3 N–H and O–H groups in total. The van der Waals surface area contributed by atoms with Gasteiger partial charge in [0.25, 0.3) is 0 Å². The summed E-state index contributed by atoms with van der Waals surface area (Å²) in [4.78, 5) is 26.2. The molecule has 1 rings (SSSR count). The van der Waals surface area contributed by atoms with Crippen molar-refractivity contribution in [2.45, 2.75) is 64.5 Å². The summed E-state index contributed by atoms with van der Waals surface area (Å²) in [6.07, 6.45) is 4.43. The number of likely N-dealkylation sites (tertiary alicyclic amines) is 1. The highest BCUT2D eigenvalue weighted by Crippen LogP contribution is 2.13. The molecule has 110 valence electrons. The van der Waals surface area contributed by atoms with Gasteiger partial charge >= 0.3 is 0 Å². The third-order valence-corrected chi connectivity index (χ3v) is 4.10. The first-order valence-electron chi connectivity index (χ1n) is 7.33.